The van der Waals surface area contributed by atoms with Crippen molar-refractivity contribution in [1.29, 1.82) is 0 Å². The van der Waals surface area contributed by atoms with Crippen LogP contribution in [0.2, 0.25) is 0 Å². The van der Waals surface area contributed by atoms with Gasteiger partial charge in [0.2, 0.25) is 19.5 Å². The molecule has 2 heterocycles. The molecule has 0 fully saturated rings. The normalized spacial score (nSPS) is 15.7. The molecule has 30 heavy (non-hydrogen) atoms. The first-order chi connectivity index (χ1) is 14.7. The van der Waals surface area contributed by atoms with Gasteiger partial charge in [-0.1, -0.05) is 12.1 Å². The largest absolute Gasteiger partial charge is 0.454 e. The fraction of sp³-hybridized carbons (Fsp3) is 0.409. The Bertz CT molecular complexity index is 901. The molecule has 0 spiro atoms. The topological polar surface area (TPSA) is 106 Å². The number of fused-ring (bicyclic) bond motifs is 2. The standard InChI is InChI=1S/C22H25NO7/c24-6-5-23-22(26)17(8-15-2-4-19-21(10-15)30-13-28-19)16(11-25)7-14-1-3-18-20(9-14)29-12-27-18/h1-4,9-10,16-17,24-25H,5-8,11-13H2,(H,23,26)/t16-,17+/m1/s1. The average molecular weight is 415 g/mol. The van der Waals surface area contributed by atoms with Gasteiger partial charge in [0.15, 0.2) is 23.0 Å². The van der Waals surface area contributed by atoms with Crippen molar-refractivity contribution in [1.82, 2.24) is 5.32 Å². The van der Waals surface area contributed by atoms with E-state index in [1.807, 2.05) is 36.4 Å². The summed E-state index contributed by atoms with van der Waals surface area (Å²) in [4.78, 5) is 12.9. The van der Waals surface area contributed by atoms with E-state index in [-0.39, 0.29) is 45.2 Å². The monoisotopic (exact) mass is 415 g/mol. The van der Waals surface area contributed by atoms with Crippen LogP contribution in [0.15, 0.2) is 36.4 Å². The fourth-order valence-electron chi connectivity index (χ4n) is 3.81. The number of amides is 1. The number of aliphatic hydroxyl groups excluding tert-OH is 2. The summed E-state index contributed by atoms with van der Waals surface area (Å²) in [6.45, 7) is 0.240. The number of benzene rings is 2. The van der Waals surface area contributed by atoms with Crippen LogP contribution >= 0.6 is 0 Å². The van der Waals surface area contributed by atoms with E-state index in [1.54, 1.807) is 0 Å². The summed E-state index contributed by atoms with van der Waals surface area (Å²) in [7, 11) is 0. The van der Waals surface area contributed by atoms with Gasteiger partial charge in [-0.25, -0.2) is 0 Å². The van der Waals surface area contributed by atoms with Crippen LogP contribution in [0.5, 0.6) is 23.0 Å². The van der Waals surface area contributed by atoms with Crippen molar-refractivity contribution in [2.45, 2.75) is 12.8 Å². The minimum atomic E-state index is -0.493. The third kappa shape index (κ3) is 4.44. The van der Waals surface area contributed by atoms with Crippen molar-refractivity contribution >= 4 is 5.91 Å². The molecule has 0 radical (unpaired) electrons. The molecule has 0 aromatic heterocycles. The number of hydrogen-bond donors (Lipinski definition) is 3. The Morgan fingerprint density at radius 2 is 1.43 bits per heavy atom. The van der Waals surface area contributed by atoms with E-state index in [2.05, 4.69) is 5.32 Å². The van der Waals surface area contributed by atoms with E-state index in [1.165, 1.54) is 0 Å². The number of carbonyl (C=O) groups excluding carboxylic acids is 1. The van der Waals surface area contributed by atoms with Gasteiger partial charge < -0.3 is 34.5 Å². The lowest BCUT2D eigenvalue weighted by atomic mass is 9.82. The molecule has 0 saturated heterocycles. The van der Waals surface area contributed by atoms with Gasteiger partial charge in [0.05, 0.1) is 6.61 Å². The minimum Gasteiger partial charge on any atom is -0.454 e. The van der Waals surface area contributed by atoms with Gasteiger partial charge in [-0.15, -0.1) is 0 Å². The van der Waals surface area contributed by atoms with E-state index >= 15 is 0 Å². The Hall–Kier alpha value is -2.97. The molecule has 8 heteroatoms. The van der Waals surface area contributed by atoms with Gasteiger partial charge in [-0.2, -0.15) is 0 Å². The predicted molar refractivity (Wildman–Crippen MR) is 107 cm³/mol. The molecule has 160 valence electrons. The first kappa shape index (κ1) is 20.3. The molecule has 2 aliphatic rings. The maximum atomic E-state index is 12.9. The number of aliphatic hydroxyl groups is 2. The molecule has 1 amide bonds. The van der Waals surface area contributed by atoms with Crippen LogP contribution in [0, 0.1) is 11.8 Å². The van der Waals surface area contributed by atoms with E-state index in [4.69, 9.17) is 24.1 Å². The zero-order valence-corrected chi connectivity index (χ0v) is 16.5. The van der Waals surface area contributed by atoms with Crippen molar-refractivity contribution < 1.29 is 34.0 Å². The van der Waals surface area contributed by atoms with Crippen molar-refractivity contribution in [3.63, 3.8) is 0 Å². The number of hydrogen-bond acceptors (Lipinski definition) is 7. The maximum absolute atomic E-state index is 12.9. The number of rotatable bonds is 9. The van der Waals surface area contributed by atoms with Gasteiger partial charge >= 0.3 is 0 Å². The zero-order valence-electron chi connectivity index (χ0n) is 16.5. The molecular formula is C22H25NO7. The molecule has 4 rings (SSSR count). The summed E-state index contributed by atoms with van der Waals surface area (Å²) in [6, 6.07) is 11.2. The highest BCUT2D eigenvalue weighted by molar-refractivity contribution is 5.79. The smallest absolute Gasteiger partial charge is 0.231 e. The quantitative estimate of drug-likeness (QED) is 0.566. The summed E-state index contributed by atoms with van der Waals surface area (Å²) in [6.07, 6.45) is 0.915. The number of nitrogens with one attached hydrogen (secondary N) is 1. The Morgan fingerprint density at radius 3 is 2.00 bits per heavy atom. The van der Waals surface area contributed by atoms with Gasteiger partial charge in [-0.05, 0) is 54.2 Å². The summed E-state index contributed by atoms with van der Waals surface area (Å²) in [5, 5.41) is 22.0. The summed E-state index contributed by atoms with van der Waals surface area (Å²) in [5.41, 5.74) is 1.86. The second kappa shape index (κ2) is 9.23. The van der Waals surface area contributed by atoms with Crippen LogP contribution in [-0.2, 0) is 17.6 Å². The van der Waals surface area contributed by atoms with Crippen molar-refractivity contribution in [2.24, 2.45) is 11.8 Å². The Balaban J connectivity index is 1.54. The molecule has 2 aromatic rings. The molecule has 0 aliphatic carbocycles. The molecule has 2 atom stereocenters. The Kier molecular flexibility index (Phi) is 6.25. The lowest BCUT2D eigenvalue weighted by Crippen LogP contribution is -2.39. The molecule has 0 saturated carbocycles. The highest BCUT2D eigenvalue weighted by atomic mass is 16.7. The lowest BCUT2D eigenvalue weighted by Gasteiger charge is -2.25. The second-order valence-electron chi connectivity index (χ2n) is 7.35. The molecule has 0 unspecified atom stereocenters. The van der Waals surface area contributed by atoms with Gasteiger partial charge in [0.1, 0.15) is 0 Å². The molecule has 8 nitrogen and oxygen atoms in total. The highest BCUT2D eigenvalue weighted by Crippen LogP contribution is 2.35. The number of carbonyl (C=O) groups is 1. The van der Waals surface area contributed by atoms with Crippen LogP contribution in [0.4, 0.5) is 0 Å². The molecule has 2 aliphatic heterocycles. The van der Waals surface area contributed by atoms with Crippen LogP contribution < -0.4 is 24.3 Å². The third-order valence-electron chi connectivity index (χ3n) is 5.38. The van der Waals surface area contributed by atoms with Gasteiger partial charge in [-0.3, -0.25) is 4.79 Å². The van der Waals surface area contributed by atoms with Crippen LogP contribution in [-0.4, -0.2) is 49.5 Å². The van der Waals surface area contributed by atoms with Crippen molar-refractivity contribution in [2.75, 3.05) is 33.3 Å². The van der Waals surface area contributed by atoms with Crippen molar-refractivity contribution in [3.8, 4) is 23.0 Å². The van der Waals surface area contributed by atoms with E-state index in [9.17, 15) is 9.90 Å². The summed E-state index contributed by atoms with van der Waals surface area (Å²) in [5.74, 6) is 1.67. The van der Waals surface area contributed by atoms with Crippen LogP contribution in [0.25, 0.3) is 0 Å². The Labute approximate surface area is 174 Å². The van der Waals surface area contributed by atoms with Crippen LogP contribution in [0.3, 0.4) is 0 Å². The lowest BCUT2D eigenvalue weighted by molar-refractivity contribution is -0.127. The van der Waals surface area contributed by atoms with E-state index in [0.29, 0.717) is 35.8 Å². The molecular weight excluding hydrogens is 390 g/mol. The van der Waals surface area contributed by atoms with E-state index < -0.39 is 5.92 Å². The molecule has 3 N–H and O–H groups in total. The maximum Gasteiger partial charge on any atom is 0.231 e. The Morgan fingerprint density at radius 1 is 0.867 bits per heavy atom. The average Bonchev–Trinajstić information content (AvgIpc) is 3.42. The predicted octanol–water partition coefficient (Wildman–Crippen LogP) is 1.26. The zero-order chi connectivity index (χ0) is 20.9. The molecule has 2 aromatic carbocycles. The second-order valence-corrected chi connectivity index (χ2v) is 7.35. The van der Waals surface area contributed by atoms with Gasteiger partial charge in [0.25, 0.3) is 0 Å². The van der Waals surface area contributed by atoms with Crippen LogP contribution in [0.1, 0.15) is 11.1 Å². The number of ether oxygens (including phenoxy) is 4. The van der Waals surface area contributed by atoms with Crippen molar-refractivity contribution in [3.05, 3.63) is 47.5 Å². The first-order valence-electron chi connectivity index (χ1n) is 9.94. The first-order valence-corrected chi connectivity index (χ1v) is 9.94. The molecule has 0 bridgehead atoms. The van der Waals surface area contributed by atoms with E-state index in [0.717, 1.165) is 11.1 Å². The fourth-order valence-corrected chi connectivity index (χ4v) is 3.81. The third-order valence-corrected chi connectivity index (χ3v) is 5.38. The minimum absolute atomic E-state index is 0.144. The van der Waals surface area contributed by atoms with Gasteiger partial charge in [0, 0.05) is 19.1 Å². The summed E-state index contributed by atoms with van der Waals surface area (Å²) >= 11 is 0. The SMILES string of the molecule is O=C(NCCO)[C@@H](Cc1ccc2c(c1)OCO2)[C@@H](CO)Cc1ccc2c(c1)OCO2. The highest BCUT2D eigenvalue weighted by Gasteiger charge is 2.29. The summed E-state index contributed by atoms with van der Waals surface area (Å²) < 4.78 is 21.6.